The number of methoxy groups -OCH3 is 1. The third-order valence-corrected chi connectivity index (χ3v) is 5.07. The third-order valence-electron chi connectivity index (χ3n) is 5.07. The molecule has 1 aromatic carbocycles. The lowest BCUT2D eigenvalue weighted by molar-refractivity contribution is -0.231. The maximum atomic E-state index is 12.7. The minimum absolute atomic E-state index is 0.0509. The Kier molecular flexibility index (Phi) is 6.06. The minimum Gasteiger partial charge on any atom is -0.496 e. The highest BCUT2D eigenvalue weighted by atomic mass is 16.5. The molecule has 5 atom stereocenters. The Bertz CT molecular complexity index is 978. The Labute approximate surface area is 166 Å². The average molecular weight is 408 g/mol. The van der Waals surface area contributed by atoms with E-state index in [0.29, 0.717) is 5.56 Å². The van der Waals surface area contributed by atoms with E-state index in [9.17, 15) is 30.0 Å². The molecule has 1 fully saturated rings. The molecule has 1 aromatic heterocycles. The van der Waals surface area contributed by atoms with Gasteiger partial charge in [0.25, 0.3) is 0 Å². The number of hydrogen-bond acceptors (Lipinski definition) is 9. The van der Waals surface area contributed by atoms with Crippen LogP contribution in [0, 0.1) is 6.92 Å². The molecule has 29 heavy (non-hydrogen) atoms. The summed E-state index contributed by atoms with van der Waals surface area (Å²) in [6.07, 6.45) is -7.25. The lowest BCUT2D eigenvalue weighted by Crippen LogP contribution is -2.55. The smallest absolute Gasteiger partial charge is 0.193 e. The van der Waals surface area contributed by atoms with E-state index in [1.807, 2.05) is 0 Å². The first-order chi connectivity index (χ1) is 13.7. The van der Waals surface area contributed by atoms with Gasteiger partial charge >= 0.3 is 0 Å². The van der Waals surface area contributed by atoms with Crippen molar-refractivity contribution >= 4 is 16.8 Å². The summed E-state index contributed by atoms with van der Waals surface area (Å²) in [7, 11) is 1.38. The predicted octanol–water partition coefficient (Wildman–Crippen LogP) is -0.244. The van der Waals surface area contributed by atoms with Crippen molar-refractivity contribution in [1.82, 2.24) is 0 Å². The number of hydrogen-bond donors (Lipinski definition) is 4. The lowest BCUT2D eigenvalue weighted by Gasteiger charge is -2.40. The zero-order valence-corrected chi connectivity index (χ0v) is 16.3. The largest absolute Gasteiger partial charge is 0.496 e. The first kappa shape index (κ1) is 21.4. The van der Waals surface area contributed by atoms with E-state index in [1.165, 1.54) is 20.1 Å². The summed E-state index contributed by atoms with van der Waals surface area (Å²) in [5, 5.41) is 40.5. The fraction of sp³-hybridized carbons (Fsp3) is 0.500. The summed E-state index contributed by atoms with van der Waals surface area (Å²) in [4.78, 5) is 24.2. The molecule has 0 unspecified atom stereocenters. The van der Waals surface area contributed by atoms with Crippen LogP contribution >= 0.6 is 0 Å². The molecule has 0 aliphatic carbocycles. The molecule has 2 heterocycles. The Morgan fingerprint density at radius 2 is 1.86 bits per heavy atom. The SMILES string of the molecule is COc1cc(C)c2c(=O)cc(CC(C)=O)oc2c1[C@H]1O[C@H](CO)[C@@H](O)[C@H](O)[C@H]1O. The summed E-state index contributed by atoms with van der Waals surface area (Å²) >= 11 is 0. The van der Waals surface area contributed by atoms with E-state index >= 15 is 0 Å². The molecule has 1 saturated heterocycles. The second-order valence-electron chi connectivity index (χ2n) is 7.22. The van der Waals surface area contributed by atoms with Gasteiger partial charge in [0.1, 0.15) is 53.4 Å². The van der Waals surface area contributed by atoms with Crippen molar-refractivity contribution in [3.8, 4) is 5.75 Å². The van der Waals surface area contributed by atoms with E-state index < -0.39 is 37.1 Å². The van der Waals surface area contributed by atoms with Gasteiger partial charge in [0.05, 0.1) is 31.1 Å². The monoisotopic (exact) mass is 408 g/mol. The van der Waals surface area contributed by atoms with Crippen LogP contribution in [-0.4, -0.2) is 64.3 Å². The van der Waals surface area contributed by atoms with Crippen molar-refractivity contribution in [2.75, 3.05) is 13.7 Å². The van der Waals surface area contributed by atoms with E-state index in [2.05, 4.69) is 0 Å². The van der Waals surface area contributed by atoms with Gasteiger partial charge in [-0.2, -0.15) is 0 Å². The van der Waals surface area contributed by atoms with Gasteiger partial charge in [-0.3, -0.25) is 9.59 Å². The number of ketones is 1. The Morgan fingerprint density at radius 3 is 2.45 bits per heavy atom. The summed E-state index contributed by atoms with van der Waals surface area (Å²) in [6, 6.07) is 2.81. The second-order valence-corrected chi connectivity index (χ2v) is 7.22. The van der Waals surface area contributed by atoms with Gasteiger partial charge in [-0.25, -0.2) is 0 Å². The highest BCUT2D eigenvalue weighted by molar-refractivity contribution is 5.86. The normalized spacial score (nSPS) is 27.2. The van der Waals surface area contributed by atoms with Crippen molar-refractivity contribution in [3.05, 3.63) is 39.2 Å². The van der Waals surface area contributed by atoms with Crippen molar-refractivity contribution in [2.45, 2.75) is 50.8 Å². The summed E-state index contributed by atoms with van der Waals surface area (Å²) in [6.45, 7) is 2.44. The number of carbonyl (C=O) groups excluding carboxylic acids is 1. The van der Waals surface area contributed by atoms with Crippen molar-refractivity contribution in [3.63, 3.8) is 0 Å². The van der Waals surface area contributed by atoms with Crippen LogP contribution in [0.4, 0.5) is 0 Å². The molecule has 2 aromatic rings. The first-order valence-corrected chi connectivity index (χ1v) is 9.13. The maximum absolute atomic E-state index is 12.7. The molecule has 158 valence electrons. The van der Waals surface area contributed by atoms with Gasteiger partial charge in [0.15, 0.2) is 5.43 Å². The Balaban J connectivity index is 2.29. The molecule has 4 N–H and O–H groups in total. The van der Waals surface area contributed by atoms with Crippen LogP contribution in [-0.2, 0) is 16.0 Å². The van der Waals surface area contributed by atoms with Gasteiger partial charge in [-0.15, -0.1) is 0 Å². The first-order valence-electron chi connectivity index (χ1n) is 9.13. The van der Waals surface area contributed by atoms with Crippen LogP contribution in [0.5, 0.6) is 5.75 Å². The number of aliphatic hydroxyl groups is 4. The molecule has 3 rings (SSSR count). The van der Waals surface area contributed by atoms with Crippen LogP contribution < -0.4 is 10.2 Å². The number of benzene rings is 1. The Hall–Kier alpha value is -2.30. The number of rotatable bonds is 5. The van der Waals surface area contributed by atoms with Crippen molar-refractivity contribution < 1.29 is 39.1 Å². The number of aliphatic hydroxyl groups excluding tert-OH is 4. The van der Waals surface area contributed by atoms with Crippen molar-refractivity contribution in [2.24, 2.45) is 0 Å². The van der Waals surface area contributed by atoms with Crippen LogP contribution in [0.2, 0.25) is 0 Å². The van der Waals surface area contributed by atoms with Crippen LogP contribution in [0.25, 0.3) is 11.0 Å². The van der Waals surface area contributed by atoms with Crippen LogP contribution in [0.3, 0.4) is 0 Å². The maximum Gasteiger partial charge on any atom is 0.193 e. The Morgan fingerprint density at radius 1 is 1.17 bits per heavy atom. The number of Topliss-reactive ketones (excluding diaryl/α,β-unsaturated/α-hetero) is 1. The second kappa shape index (κ2) is 8.21. The molecule has 0 radical (unpaired) electrons. The minimum atomic E-state index is -1.61. The molecule has 0 amide bonds. The highest BCUT2D eigenvalue weighted by Crippen LogP contribution is 2.41. The molecule has 1 aliphatic heterocycles. The molecular formula is C20H24O9. The molecule has 0 bridgehead atoms. The number of aryl methyl sites for hydroxylation is 1. The number of carbonyl (C=O) groups is 1. The number of fused-ring (bicyclic) bond motifs is 1. The topological polar surface area (TPSA) is 147 Å². The van der Waals surface area contributed by atoms with Crippen molar-refractivity contribution in [1.29, 1.82) is 0 Å². The zero-order chi connectivity index (χ0) is 21.5. The summed E-state index contributed by atoms with van der Waals surface area (Å²) in [5.74, 6) is 0.150. The quantitative estimate of drug-likeness (QED) is 0.526. The van der Waals surface area contributed by atoms with E-state index in [1.54, 1.807) is 13.0 Å². The van der Waals surface area contributed by atoms with Gasteiger partial charge in [-0.05, 0) is 25.5 Å². The van der Waals surface area contributed by atoms with Gasteiger partial charge in [-0.1, -0.05) is 0 Å². The highest BCUT2D eigenvalue weighted by Gasteiger charge is 2.46. The fourth-order valence-corrected chi connectivity index (χ4v) is 3.67. The van der Waals surface area contributed by atoms with E-state index in [-0.39, 0.29) is 45.7 Å². The molecule has 1 aliphatic rings. The van der Waals surface area contributed by atoms with Gasteiger partial charge in [0, 0.05) is 6.07 Å². The summed E-state index contributed by atoms with van der Waals surface area (Å²) < 4.78 is 16.9. The van der Waals surface area contributed by atoms with Crippen LogP contribution in [0.1, 0.15) is 29.9 Å². The molecule has 0 spiro atoms. The van der Waals surface area contributed by atoms with Crippen LogP contribution in [0.15, 0.2) is 21.3 Å². The molecule has 9 nitrogen and oxygen atoms in total. The van der Waals surface area contributed by atoms with Gasteiger partial charge < -0.3 is 34.3 Å². The standard InChI is InChI=1S/C20H24O9/c1-8-4-12(27-3)15(20-18(26)17(25)16(24)13(7-21)29-20)19-14(8)11(23)6-10(28-19)5-9(2)22/h4,6,13,16-18,20-21,24-26H,5,7H2,1-3H3/t13-,16-,17+,18-,20-/m1/s1. The average Bonchev–Trinajstić information content (AvgIpc) is 2.66. The predicted molar refractivity (Wildman–Crippen MR) is 101 cm³/mol. The fourth-order valence-electron chi connectivity index (χ4n) is 3.67. The molecule has 9 heteroatoms. The molecule has 0 saturated carbocycles. The summed E-state index contributed by atoms with van der Waals surface area (Å²) in [5.41, 5.74) is 0.365. The lowest BCUT2D eigenvalue weighted by atomic mass is 9.89. The zero-order valence-electron chi connectivity index (χ0n) is 16.3. The van der Waals surface area contributed by atoms with E-state index in [4.69, 9.17) is 13.9 Å². The molecular weight excluding hydrogens is 384 g/mol. The number of ether oxygens (including phenoxy) is 2. The van der Waals surface area contributed by atoms with Gasteiger partial charge in [0.2, 0.25) is 0 Å². The third kappa shape index (κ3) is 3.79. The van der Waals surface area contributed by atoms with E-state index in [0.717, 1.165) is 0 Å².